The van der Waals surface area contributed by atoms with Crippen molar-refractivity contribution in [3.05, 3.63) is 119 Å². The Morgan fingerprint density at radius 3 is 2.00 bits per heavy atom. The van der Waals surface area contributed by atoms with Crippen LogP contribution in [0.4, 0.5) is 11.4 Å². The summed E-state index contributed by atoms with van der Waals surface area (Å²) in [4.78, 5) is 13.4. The zero-order valence-corrected chi connectivity index (χ0v) is 21.7. The van der Waals surface area contributed by atoms with Gasteiger partial charge in [-0.3, -0.25) is 9.52 Å². The number of benzene rings is 4. The topological polar surface area (TPSA) is 84.5 Å². The van der Waals surface area contributed by atoms with Crippen LogP contribution < -0.4 is 14.8 Å². The Bertz CT molecular complexity index is 1510. The minimum absolute atomic E-state index is 0.102. The number of rotatable bonds is 8. The number of ether oxygens (including phenoxy) is 1. The Hall–Kier alpha value is -4.36. The minimum atomic E-state index is -3.79. The summed E-state index contributed by atoms with van der Waals surface area (Å²) >= 11 is 0. The summed E-state index contributed by atoms with van der Waals surface area (Å²) in [5.41, 5.74) is 4.79. The molecule has 0 aromatic heterocycles. The van der Waals surface area contributed by atoms with Crippen LogP contribution in [0.25, 0.3) is 11.6 Å². The summed E-state index contributed by atoms with van der Waals surface area (Å²) in [6.45, 7) is 3.71. The van der Waals surface area contributed by atoms with Crippen LogP contribution in [0.5, 0.6) is 5.75 Å². The number of anilines is 2. The van der Waals surface area contributed by atoms with E-state index in [1.165, 1.54) is 12.1 Å². The molecule has 7 heteroatoms. The number of sulfonamides is 1. The van der Waals surface area contributed by atoms with Gasteiger partial charge in [-0.05, 0) is 78.6 Å². The average Bonchev–Trinajstić information content (AvgIpc) is 2.90. The third kappa shape index (κ3) is 6.26. The van der Waals surface area contributed by atoms with E-state index in [4.69, 9.17) is 4.74 Å². The molecule has 0 saturated carbocycles. The number of para-hydroxylation sites is 1. The van der Waals surface area contributed by atoms with Crippen molar-refractivity contribution in [3.8, 4) is 5.75 Å². The van der Waals surface area contributed by atoms with Crippen LogP contribution >= 0.6 is 0 Å². The van der Waals surface area contributed by atoms with E-state index in [-0.39, 0.29) is 10.8 Å². The number of hydrogen-bond donors (Lipinski definition) is 2. The van der Waals surface area contributed by atoms with Gasteiger partial charge in [-0.25, -0.2) is 8.42 Å². The summed E-state index contributed by atoms with van der Waals surface area (Å²) in [5.74, 6) is 0.413. The van der Waals surface area contributed by atoms with Gasteiger partial charge in [-0.2, -0.15) is 0 Å². The van der Waals surface area contributed by atoms with Crippen molar-refractivity contribution >= 4 is 39.0 Å². The predicted molar refractivity (Wildman–Crippen MR) is 149 cm³/mol. The number of aryl methyl sites for hydroxylation is 2. The molecule has 2 N–H and O–H groups in total. The van der Waals surface area contributed by atoms with Crippen LogP contribution in [0.1, 0.15) is 22.3 Å². The van der Waals surface area contributed by atoms with Gasteiger partial charge < -0.3 is 10.1 Å². The van der Waals surface area contributed by atoms with E-state index in [1.54, 1.807) is 25.3 Å². The maximum atomic E-state index is 13.3. The Morgan fingerprint density at radius 2 is 1.41 bits per heavy atom. The fourth-order valence-electron chi connectivity index (χ4n) is 3.85. The van der Waals surface area contributed by atoms with E-state index >= 15 is 0 Å². The molecule has 0 bridgehead atoms. The third-order valence-electron chi connectivity index (χ3n) is 5.90. The lowest BCUT2D eigenvalue weighted by atomic mass is 10.0. The van der Waals surface area contributed by atoms with Gasteiger partial charge in [-0.1, -0.05) is 60.7 Å². The van der Waals surface area contributed by atoms with E-state index in [2.05, 4.69) is 10.0 Å². The highest BCUT2D eigenvalue weighted by atomic mass is 32.2. The van der Waals surface area contributed by atoms with Gasteiger partial charge >= 0.3 is 0 Å². The van der Waals surface area contributed by atoms with Crippen LogP contribution in [0.15, 0.2) is 102 Å². The molecule has 0 atom stereocenters. The summed E-state index contributed by atoms with van der Waals surface area (Å²) in [6, 6.07) is 28.5. The number of carbonyl (C=O) groups excluding carboxylic acids is 1. The summed E-state index contributed by atoms with van der Waals surface area (Å²) in [5, 5.41) is 2.88. The molecule has 4 rings (SSSR count). The maximum absolute atomic E-state index is 13.3. The van der Waals surface area contributed by atoms with Gasteiger partial charge in [0.25, 0.3) is 15.9 Å². The third-order valence-corrected chi connectivity index (χ3v) is 7.26. The molecule has 0 heterocycles. The smallest absolute Gasteiger partial charge is 0.261 e. The van der Waals surface area contributed by atoms with Crippen molar-refractivity contribution in [2.24, 2.45) is 0 Å². The number of amides is 1. The first-order valence-electron chi connectivity index (χ1n) is 11.7. The zero-order valence-electron chi connectivity index (χ0n) is 20.9. The molecule has 0 unspecified atom stereocenters. The van der Waals surface area contributed by atoms with Crippen molar-refractivity contribution in [1.82, 2.24) is 0 Å². The molecular formula is C30H28N2O4S. The number of carbonyl (C=O) groups is 1. The second-order valence-electron chi connectivity index (χ2n) is 8.55. The lowest BCUT2D eigenvalue weighted by Crippen LogP contribution is -2.16. The monoisotopic (exact) mass is 512 g/mol. The maximum Gasteiger partial charge on any atom is 0.261 e. The fraction of sp³-hybridized carbons (Fsp3) is 0.100. The molecule has 6 nitrogen and oxygen atoms in total. The first kappa shape index (κ1) is 25.7. The molecule has 0 aliphatic carbocycles. The van der Waals surface area contributed by atoms with Gasteiger partial charge in [0, 0.05) is 11.3 Å². The molecule has 0 spiro atoms. The highest BCUT2D eigenvalue weighted by Crippen LogP contribution is 2.25. The molecule has 0 fully saturated rings. The first-order valence-corrected chi connectivity index (χ1v) is 13.2. The van der Waals surface area contributed by atoms with Gasteiger partial charge in [0.2, 0.25) is 0 Å². The van der Waals surface area contributed by atoms with Crippen LogP contribution in [0.3, 0.4) is 0 Å². The normalized spacial score (nSPS) is 11.6. The van der Waals surface area contributed by atoms with Crippen molar-refractivity contribution < 1.29 is 17.9 Å². The van der Waals surface area contributed by atoms with Crippen LogP contribution in [0.2, 0.25) is 0 Å². The van der Waals surface area contributed by atoms with Gasteiger partial charge in [0.05, 0.1) is 17.7 Å². The SMILES string of the molecule is COc1ccc(/C=C(/C(=O)Nc2ccc(S(=O)(=O)Nc3c(C)cccc3C)cc2)c2ccccc2)cc1. The molecular weight excluding hydrogens is 484 g/mol. The molecule has 0 aliphatic rings. The van der Waals surface area contributed by atoms with Crippen molar-refractivity contribution in [2.45, 2.75) is 18.7 Å². The van der Waals surface area contributed by atoms with E-state index in [1.807, 2.05) is 86.6 Å². The Morgan fingerprint density at radius 1 is 0.784 bits per heavy atom. The fourth-order valence-corrected chi connectivity index (χ4v) is 5.05. The van der Waals surface area contributed by atoms with Gasteiger partial charge in [0.15, 0.2) is 0 Å². The van der Waals surface area contributed by atoms with Crippen LogP contribution in [-0.4, -0.2) is 21.4 Å². The molecule has 0 saturated heterocycles. The Kier molecular flexibility index (Phi) is 7.74. The van der Waals surface area contributed by atoms with Crippen molar-refractivity contribution in [1.29, 1.82) is 0 Å². The van der Waals surface area contributed by atoms with Crippen LogP contribution in [0, 0.1) is 13.8 Å². The van der Waals surface area contributed by atoms with Crippen LogP contribution in [-0.2, 0) is 14.8 Å². The van der Waals surface area contributed by atoms with Gasteiger partial charge in [0.1, 0.15) is 5.75 Å². The molecule has 37 heavy (non-hydrogen) atoms. The summed E-state index contributed by atoms with van der Waals surface area (Å²) < 4.78 is 33.8. The molecule has 4 aromatic carbocycles. The van der Waals surface area contributed by atoms with Gasteiger partial charge in [-0.15, -0.1) is 0 Å². The highest BCUT2D eigenvalue weighted by molar-refractivity contribution is 7.92. The summed E-state index contributed by atoms with van der Waals surface area (Å²) in [6.07, 6.45) is 1.80. The molecule has 0 radical (unpaired) electrons. The van der Waals surface area contributed by atoms with E-state index in [0.717, 1.165) is 28.0 Å². The zero-order chi connectivity index (χ0) is 26.4. The predicted octanol–water partition coefficient (Wildman–Crippen LogP) is 6.29. The van der Waals surface area contributed by atoms with Crippen molar-refractivity contribution in [3.63, 3.8) is 0 Å². The first-order chi connectivity index (χ1) is 17.8. The lowest BCUT2D eigenvalue weighted by Gasteiger charge is -2.14. The number of hydrogen-bond acceptors (Lipinski definition) is 4. The largest absolute Gasteiger partial charge is 0.497 e. The second kappa shape index (κ2) is 11.1. The quantitative estimate of drug-likeness (QED) is 0.215. The molecule has 4 aromatic rings. The second-order valence-corrected chi connectivity index (χ2v) is 10.2. The van der Waals surface area contributed by atoms with E-state index in [0.29, 0.717) is 16.9 Å². The lowest BCUT2D eigenvalue weighted by molar-refractivity contribution is -0.111. The van der Waals surface area contributed by atoms with Crippen molar-refractivity contribution in [2.75, 3.05) is 17.1 Å². The van der Waals surface area contributed by atoms with E-state index < -0.39 is 10.0 Å². The Balaban J connectivity index is 1.56. The molecule has 1 amide bonds. The molecule has 188 valence electrons. The molecule has 0 aliphatic heterocycles. The van der Waals surface area contributed by atoms with E-state index in [9.17, 15) is 13.2 Å². The average molecular weight is 513 g/mol. The number of methoxy groups -OCH3 is 1. The summed E-state index contributed by atoms with van der Waals surface area (Å²) in [7, 11) is -2.19. The standard InChI is InChI=1S/C30H28N2O4S/c1-21-8-7-9-22(2)29(21)32-37(34,35)27-18-14-25(15-19-27)31-30(33)28(24-10-5-4-6-11-24)20-23-12-16-26(36-3)17-13-23/h4-20,32H,1-3H3,(H,31,33)/b28-20+. The number of nitrogens with one attached hydrogen (secondary N) is 2. The Labute approximate surface area is 217 Å². The highest BCUT2D eigenvalue weighted by Gasteiger charge is 2.18. The minimum Gasteiger partial charge on any atom is -0.497 e.